The molecular weight excluding hydrogens is 124 g/mol. The van der Waals surface area contributed by atoms with Gasteiger partial charge in [0.2, 0.25) is 0 Å². The van der Waals surface area contributed by atoms with E-state index in [4.69, 9.17) is 0 Å². The highest BCUT2D eigenvalue weighted by Crippen LogP contribution is 1.87. The first-order valence-electron chi connectivity index (χ1n) is 2.03. The number of rotatable bonds is 0. The molecule has 0 aliphatic rings. The fourth-order valence-corrected chi connectivity index (χ4v) is 0.500. The Bertz CT molecular complexity index is 182. The van der Waals surface area contributed by atoms with Crippen molar-refractivity contribution < 1.29 is 4.79 Å². The van der Waals surface area contributed by atoms with Gasteiger partial charge in [-0.3, -0.25) is 4.79 Å². The molecule has 0 aromatic carbocycles. The molecule has 1 aromatic rings. The molecule has 0 N–H and O–H groups in total. The van der Waals surface area contributed by atoms with E-state index in [-0.39, 0.29) is 5.24 Å². The van der Waals surface area contributed by atoms with Gasteiger partial charge in [0.15, 0.2) is 0 Å². The maximum Gasteiger partial charge on any atom is 0.302 e. The van der Waals surface area contributed by atoms with E-state index in [2.05, 4.69) is 17.7 Å². The van der Waals surface area contributed by atoms with Gasteiger partial charge in [0.1, 0.15) is 0 Å². The summed E-state index contributed by atoms with van der Waals surface area (Å²) in [5.74, 6) is 0. The minimum atomic E-state index is -0.366. The molecule has 1 rings (SSSR count). The van der Waals surface area contributed by atoms with Gasteiger partial charge in [-0.05, 0) is 6.07 Å². The zero-order chi connectivity index (χ0) is 5.98. The Morgan fingerprint density at radius 2 is 2.50 bits per heavy atom. The molecule has 1 aromatic heterocycles. The molecule has 0 amide bonds. The number of aromatic nitrogens is 2. The van der Waals surface area contributed by atoms with Crippen molar-refractivity contribution in [2.24, 2.45) is 0 Å². The van der Waals surface area contributed by atoms with Crippen molar-refractivity contribution in [2.75, 3.05) is 0 Å². The average Bonchev–Trinajstić information content (AvgIpc) is 2.12. The number of carbonyl (C=O) groups is 1. The van der Waals surface area contributed by atoms with Crippen molar-refractivity contribution in [2.45, 2.75) is 0 Å². The van der Waals surface area contributed by atoms with Gasteiger partial charge in [0.05, 0.1) is 0 Å². The number of hydrogen-bond donors (Lipinski definition) is 1. The molecule has 0 atom stereocenters. The summed E-state index contributed by atoms with van der Waals surface area (Å²) in [6, 6.07) is 1.66. The van der Waals surface area contributed by atoms with Crippen LogP contribution >= 0.6 is 12.6 Å². The van der Waals surface area contributed by atoms with Crippen LogP contribution in [0.1, 0.15) is 0 Å². The van der Waals surface area contributed by atoms with E-state index in [1.165, 1.54) is 12.4 Å². The Balaban J connectivity index is 2.93. The van der Waals surface area contributed by atoms with Crippen LogP contribution in [0.25, 0.3) is 0 Å². The molecule has 0 radical (unpaired) electrons. The Kier molecular flexibility index (Phi) is 1.34. The Labute approximate surface area is 51.7 Å². The molecule has 42 valence electrons. The molecule has 0 saturated heterocycles. The van der Waals surface area contributed by atoms with Gasteiger partial charge in [0, 0.05) is 12.4 Å². The average molecular weight is 128 g/mol. The molecule has 0 spiro atoms. The summed E-state index contributed by atoms with van der Waals surface area (Å²) in [7, 11) is 0. The van der Waals surface area contributed by atoms with Gasteiger partial charge in [-0.15, -0.1) is 0 Å². The zero-order valence-electron chi connectivity index (χ0n) is 3.98. The van der Waals surface area contributed by atoms with E-state index in [9.17, 15) is 4.79 Å². The highest BCUT2D eigenvalue weighted by molar-refractivity contribution is 7.96. The third-order valence-corrected chi connectivity index (χ3v) is 0.905. The van der Waals surface area contributed by atoms with Crippen molar-refractivity contribution in [1.82, 2.24) is 9.78 Å². The Morgan fingerprint density at radius 1 is 1.75 bits per heavy atom. The second-order valence-electron chi connectivity index (χ2n) is 1.23. The van der Waals surface area contributed by atoms with Gasteiger partial charge >= 0.3 is 5.24 Å². The molecule has 0 unspecified atom stereocenters. The van der Waals surface area contributed by atoms with Crippen molar-refractivity contribution in [1.29, 1.82) is 0 Å². The first-order valence-corrected chi connectivity index (χ1v) is 2.48. The van der Waals surface area contributed by atoms with Gasteiger partial charge in [-0.2, -0.15) is 9.78 Å². The lowest BCUT2D eigenvalue weighted by Gasteiger charge is -1.85. The highest BCUT2D eigenvalue weighted by atomic mass is 32.1. The van der Waals surface area contributed by atoms with Crippen LogP contribution in [0.2, 0.25) is 0 Å². The number of carbonyl (C=O) groups excluding carboxylic acids is 1. The van der Waals surface area contributed by atoms with Gasteiger partial charge in [-0.1, -0.05) is 12.6 Å². The molecule has 1 heterocycles. The fraction of sp³-hybridized carbons (Fsp3) is 0. The summed E-state index contributed by atoms with van der Waals surface area (Å²) in [6.07, 6.45) is 3.06. The summed E-state index contributed by atoms with van der Waals surface area (Å²) in [5, 5.41) is 3.24. The molecule has 0 bridgehead atoms. The van der Waals surface area contributed by atoms with E-state index >= 15 is 0 Å². The lowest BCUT2D eigenvalue weighted by Crippen LogP contribution is -2.00. The minimum absolute atomic E-state index is 0.366. The summed E-state index contributed by atoms with van der Waals surface area (Å²) in [6.45, 7) is 0. The summed E-state index contributed by atoms with van der Waals surface area (Å²) in [5.41, 5.74) is 0. The first kappa shape index (κ1) is 5.37. The van der Waals surface area contributed by atoms with E-state index in [0.717, 1.165) is 4.68 Å². The molecule has 0 saturated carbocycles. The first-order chi connectivity index (χ1) is 3.80. The summed E-state index contributed by atoms with van der Waals surface area (Å²) >= 11 is 3.52. The molecule has 0 fully saturated rings. The van der Waals surface area contributed by atoms with Crippen LogP contribution in [0.15, 0.2) is 18.5 Å². The predicted molar refractivity (Wildman–Crippen MR) is 32.0 cm³/mol. The lowest BCUT2D eigenvalue weighted by atomic mass is 10.8. The number of thiol groups is 1. The fourth-order valence-electron chi connectivity index (χ4n) is 0.382. The molecule has 0 aliphatic carbocycles. The SMILES string of the molecule is O=C(S)n1cccn1. The third-order valence-electron chi connectivity index (χ3n) is 0.700. The third kappa shape index (κ3) is 0.894. The van der Waals surface area contributed by atoms with Crippen LogP contribution in [-0.2, 0) is 0 Å². The van der Waals surface area contributed by atoms with Crippen LogP contribution < -0.4 is 0 Å². The monoisotopic (exact) mass is 128 g/mol. The van der Waals surface area contributed by atoms with E-state index in [0.29, 0.717) is 0 Å². The quantitative estimate of drug-likeness (QED) is 0.524. The van der Waals surface area contributed by atoms with Crippen molar-refractivity contribution in [3.8, 4) is 0 Å². The second-order valence-corrected chi connectivity index (χ2v) is 1.62. The van der Waals surface area contributed by atoms with Crippen LogP contribution in [0.5, 0.6) is 0 Å². The smallest absolute Gasteiger partial charge is 0.260 e. The number of nitrogens with zero attached hydrogens (tertiary/aromatic N) is 2. The van der Waals surface area contributed by atoms with Crippen molar-refractivity contribution >= 4 is 17.9 Å². The van der Waals surface area contributed by atoms with Gasteiger partial charge < -0.3 is 0 Å². The number of hydrogen-bond acceptors (Lipinski definition) is 2. The van der Waals surface area contributed by atoms with E-state index in [1.807, 2.05) is 0 Å². The summed E-state index contributed by atoms with van der Waals surface area (Å²) in [4.78, 5) is 10.3. The van der Waals surface area contributed by atoms with Crippen LogP contribution in [0.3, 0.4) is 0 Å². The predicted octanol–water partition coefficient (Wildman–Crippen LogP) is 0.781. The van der Waals surface area contributed by atoms with Crippen molar-refractivity contribution in [3.63, 3.8) is 0 Å². The topological polar surface area (TPSA) is 34.9 Å². The largest absolute Gasteiger partial charge is 0.302 e. The molecular formula is C4H4N2OS. The zero-order valence-corrected chi connectivity index (χ0v) is 4.88. The second kappa shape index (κ2) is 2.00. The minimum Gasteiger partial charge on any atom is -0.260 e. The summed E-state index contributed by atoms with van der Waals surface area (Å²) < 4.78 is 1.14. The molecule has 4 heteroatoms. The van der Waals surface area contributed by atoms with E-state index < -0.39 is 0 Å². The maximum atomic E-state index is 10.3. The molecule has 8 heavy (non-hydrogen) atoms. The normalized spacial score (nSPS) is 9.12. The van der Waals surface area contributed by atoms with Crippen LogP contribution in [0, 0.1) is 0 Å². The lowest BCUT2D eigenvalue weighted by molar-refractivity contribution is 0.260. The van der Waals surface area contributed by atoms with Crippen molar-refractivity contribution in [3.05, 3.63) is 18.5 Å². The van der Waals surface area contributed by atoms with Gasteiger partial charge in [0.25, 0.3) is 0 Å². The standard InChI is InChI=1S/C4H4N2OS/c7-4(8)6-3-1-2-5-6/h1-3H,(H,7,8). The van der Waals surface area contributed by atoms with Crippen LogP contribution in [0.4, 0.5) is 4.79 Å². The van der Waals surface area contributed by atoms with Gasteiger partial charge in [-0.25, -0.2) is 0 Å². The highest BCUT2D eigenvalue weighted by Gasteiger charge is 1.92. The van der Waals surface area contributed by atoms with Crippen LogP contribution in [-0.4, -0.2) is 15.0 Å². The Morgan fingerprint density at radius 3 is 2.75 bits per heavy atom. The molecule has 0 aliphatic heterocycles. The van der Waals surface area contributed by atoms with E-state index in [1.54, 1.807) is 6.07 Å². The maximum absolute atomic E-state index is 10.3. The molecule has 3 nitrogen and oxygen atoms in total. The Hall–Kier alpha value is -0.770.